The number of hydrogen-bond donors (Lipinski definition) is 0. The summed E-state index contributed by atoms with van der Waals surface area (Å²) in [7, 11) is 0. The first-order valence-corrected chi connectivity index (χ1v) is 31.9. The Balaban J connectivity index is 0.710. The molecule has 0 N–H and O–H groups in total. The number of nitrogens with zero attached hydrogens (tertiary/aromatic N) is 2. The standard InChI is InChI=1S/C82H48N2O4S2/c85-79-55-17-1-13-29-71(55)87-72-45-50(35-41-56(72)79)49-33-38-53(39-34-49)83-67-25-9-2-18-59(67)82(60-19-3-10-26-68(60)83)65-24-8-16-32-77(65)90-78-47-52(37-44-66(78)82)51-36-42-57-73(46-51)88-74-48-54(40-43-58(74)80(57)86)84-69-27-11-4-20-61(69)81(62-21-5-12-28-70(62)84)63-22-6-14-30-75(63)89-76-31-15-7-23-64(76)81/h1-48H. The van der Waals surface area contributed by atoms with E-state index in [9.17, 15) is 9.59 Å². The fourth-order valence-corrected chi connectivity index (χ4v) is 17.8. The van der Waals surface area contributed by atoms with E-state index < -0.39 is 10.8 Å². The van der Waals surface area contributed by atoms with Crippen molar-refractivity contribution in [3.63, 3.8) is 0 Å². The molecule has 6 nitrogen and oxygen atoms in total. The molecule has 0 aliphatic carbocycles. The average Bonchev–Trinajstić information content (AvgIpc) is 0.692. The Morgan fingerprint density at radius 1 is 0.256 bits per heavy atom. The molecule has 0 radical (unpaired) electrons. The van der Waals surface area contributed by atoms with Crippen molar-refractivity contribution in [2.45, 2.75) is 30.4 Å². The molecule has 13 aromatic carbocycles. The van der Waals surface area contributed by atoms with E-state index in [0.717, 1.165) is 61.3 Å². The van der Waals surface area contributed by atoms with E-state index in [0.29, 0.717) is 43.9 Å². The van der Waals surface area contributed by atoms with Crippen molar-refractivity contribution in [1.82, 2.24) is 0 Å². The van der Waals surface area contributed by atoms with Gasteiger partial charge in [0.05, 0.1) is 55.1 Å². The van der Waals surface area contributed by atoms with Crippen LogP contribution in [0.15, 0.2) is 329 Å². The second-order valence-electron chi connectivity index (χ2n) is 23.7. The number of fused-ring (bicyclic) bond motifs is 20. The Labute approximate surface area is 525 Å². The Kier molecular flexibility index (Phi) is 11.0. The van der Waals surface area contributed by atoms with E-state index in [1.54, 1.807) is 11.8 Å². The minimum Gasteiger partial charge on any atom is -0.456 e. The molecule has 422 valence electrons. The van der Waals surface area contributed by atoms with Crippen LogP contribution in [0.2, 0.25) is 0 Å². The predicted molar refractivity (Wildman–Crippen MR) is 366 cm³/mol. The molecule has 90 heavy (non-hydrogen) atoms. The number of benzene rings is 13. The fourth-order valence-electron chi connectivity index (χ4n) is 15.4. The molecule has 15 aromatic rings. The molecule has 0 fully saturated rings. The topological polar surface area (TPSA) is 66.9 Å². The van der Waals surface area contributed by atoms with Gasteiger partial charge in [-0.05, 0) is 176 Å². The first-order chi connectivity index (χ1) is 44.4. The quantitative estimate of drug-likeness (QED) is 0.162. The zero-order chi connectivity index (χ0) is 59.4. The van der Waals surface area contributed by atoms with Crippen molar-refractivity contribution in [3.8, 4) is 22.3 Å². The third kappa shape index (κ3) is 7.08. The van der Waals surface area contributed by atoms with Gasteiger partial charge in [-0.15, -0.1) is 0 Å². The van der Waals surface area contributed by atoms with Crippen LogP contribution in [0.3, 0.4) is 0 Å². The molecule has 0 amide bonds. The van der Waals surface area contributed by atoms with Crippen LogP contribution in [-0.2, 0) is 10.8 Å². The van der Waals surface area contributed by atoms with Gasteiger partial charge in [0, 0.05) is 37.0 Å². The fraction of sp³-hybridized carbons (Fsp3) is 0.0244. The highest BCUT2D eigenvalue weighted by Gasteiger charge is 2.52. The molecule has 19 rings (SSSR count). The monoisotopic (exact) mass is 1190 g/mol. The third-order valence-electron chi connectivity index (χ3n) is 19.2. The highest BCUT2D eigenvalue weighted by Crippen LogP contribution is 2.65. The lowest BCUT2D eigenvalue weighted by Crippen LogP contribution is -2.39. The molecular formula is C82H48N2O4S2. The van der Waals surface area contributed by atoms with E-state index in [1.165, 1.54) is 59.2 Å². The third-order valence-corrected chi connectivity index (χ3v) is 21.5. The van der Waals surface area contributed by atoms with Gasteiger partial charge >= 0.3 is 0 Å². The second kappa shape index (κ2) is 19.3. The summed E-state index contributed by atoms with van der Waals surface area (Å²) in [4.78, 5) is 37.7. The Morgan fingerprint density at radius 2 is 0.589 bits per heavy atom. The summed E-state index contributed by atoms with van der Waals surface area (Å²) in [5.41, 5.74) is 20.8. The van der Waals surface area contributed by atoms with Gasteiger partial charge in [0.25, 0.3) is 0 Å². The molecule has 0 unspecified atom stereocenters. The van der Waals surface area contributed by atoms with Crippen LogP contribution >= 0.6 is 23.5 Å². The summed E-state index contributed by atoms with van der Waals surface area (Å²) < 4.78 is 13.3. The van der Waals surface area contributed by atoms with E-state index in [4.69, 9.17) is 8.83 Å². The van der Waals surface area contributed by atoms with Crippen LogP contribution in [-0.4, -0.2) is 0 Å². The van der Waals surface area contributed by atoms with Crippen molar-refractivity contribution < 1.29 is 8.83 Å². The summed E-state index contributed by atoms with van der Waals surface area (Å²) in [5, 5.41) is 2.22. The highest BCUT2D eigenvalue weighted by atomic mass is 32.2. The van der Waals surface area contributed by atoms with Gasteiger partial charge in [0.2, 0.25) is 10.9 Å². The smallest absolute Gasteiger partial charge is 0.200 e. The van der Waals surface area contributed by atoms with E-state index >= 15 is 0 Å². The van der Waals surface area contributed by atoms with E-state index in [2.05, 4.69) is 234 Å². The second-order valence-corrected chi connectivity index (χ2v) is 25.8. The van der Waals surface area contributed by atoms with Crippen LogP contribution in [0.1, 0.15) is 44.5 Å². The van der Waals surface area contributed by atoms with Crippen molar-refractivity contribution in [3.05, 3.63) is 356 Å². The molecule has 0 saturated heterocycles. The van der Waals surface area contributed by atoms with Crippen LogP contribution in [0.25, 0.3) is 66.1 Å². The number of para-hydroxylation sites is 5. The maximum absolute atomic E-state index is 14.7. The van der Waals surface area contributed by atoms with E-state index in [-0.39, 0.29) is 10.9 Å². The molecular weight excluding hydrogens is 1140 g/mol. The van der Waals surface area contributed by atoms with Gasteiger partial charge in [-0.1, -0.05) is 199 Å². The van der Waals surface area contributed by atoms with Crippen molar-refractivity contribution in [2.24, 2.45) is 0 Å². The molecule has 0 bridgehead atoms. The SMILES string of the molecule is O=c1c2ccccc2oc2cc(-c3ccc(N4c5ccccc5C5(c6ccccc6Sc6cc(-c7ccc8c(=O)c9ccc(N%10c%11ccccc%11C%11(c%12ccccc%12Sc%12ccccc%12%11)c%11ccccc%11%10)cc9oc8c7)ccc65)c5ccccc54)cc3)ccc12. The lowest BCUT2D eigenvalue weighted by atomic mass is 9.62. The molecule has 4 aliphatic heterocycles. The highest BCUT2D eigenvalue weighted by molar-refractivity contribution is 7.99. The number of rotatable bonds is 4. The molecule has 6 heterocycles. The summed E-state index contributed by atoms with van der Waals surface area (Å²) in [6, 6.07) is 103. The van der Waals surface area contributed by atoms with Gasteiger partial charge < -0.3 is 18.6 Å². The Morgan fingerprint density at radius 3 is 1.11 bits per heavy atom. The predicted octanol–water partition coefficient (Wildman–Crippen LogP) is 20.8. The molecule has 0 saturated carbocycles. The molecule has 2 spiro atoms. The first-order valence-electron chi connectivity index (χ1n) is 30.3. The van der Waals surface area contributed by atoms with Crippen molar-refractivity contribution >= 4 is 102 Å². The summed E-state index contributed by atoms with van der Waals surface area (Å²) in [5.74, 6) is 0. The maximum atomic E-state index is 14.7. The summed E-state index contributed by atoms with van der Waals surface area (Å²) in [6.45, 7) is 0. The number of anilines is 6. The van der Waals surface area contributed by atoms with Crippen LogP contribution in [0.5, 0.6) is 0 Å². The van der Waals surface area contributed by atoms with Gasteiger partial charge in [0.1, 0.15) is 22.3 Å². The lowest BCUT2D eigenvalue weighted by molar-refractivity contribution is 0.659. The lowest BCUT2D eigenvalue weighted by Gasteiger charge is -2.49. The minimum absolute atomic E-state index is 0.0278. The average molecular weight is 1190 g/mol. The molecule has 8 heteroatoms. The van der Waals surface area contributed by atoms with Gasteiger partial charge in [-0.25, -0.2) is 0 Å². The first kappa shape index (κ1) is 51.2. The van der Waals surface area contributed by atoms with Crippen LogP contribution in [0.4, 0.5) is 34.1 Å². The Bertz CT molecular complexity index is 5590. The largest absolute Gasteiger partial charge is 0.456 e. The van der Waals surface area contributed by atoms with Gasteiger partial charge in [-0.3, -0.25) is 9.59 Å². The zero-order valence-corrected chi connectivity index (χ0v) is 49.7. The van der Waals surface area contributed by atoms with Crippen molar-refractivity contribution in [2.75, 3.05) is 9.80 Å². The van der Waals surface area contributed by atoms with Crippen molar-refractivity contribution in [1.29, 1.82) is 0 Å². The minimum atomic E-state index is -0.675. The summed E-state index contributed by atoms with van der Waals surface area (Å²) in [6.07, 6.45) is 0. The van der Waals surface area contributed by atoms with Crippen LogP contribution < -0.4 is 20.7 Å². The Hall–Kier alpha value is -10.9. The maximum Gasteiger partial charge on any atom is 0.200 e. The normalized spacial score (nSPS) is 14.4. The van der Waals surface area contributed by atoms with Crippen LogP contribution in [0, 0.1) is 0 Å². The molecule has 4 aliphatic rings. The van der Waals surface area contributed by atoms with Gasteiger partial charge in [0.15, 0.2) is 0 Å². The molecule has 2 aromatic heterocycles. The molecule has 0 atom stereocenters. The zero-order valence-electron chi connectivity index (χ0n) is 48.1. The van der Waals surface area contributed by atoms with Gasteiger partial charge in [-0.2, -0.15) is 0 Å². The van der Waals surface area contributed by atoms with E-state index in [1.807, 2.05) is 78.5 Å². The number of hydrogen-bond acceptors (Lipinski definition) is 8. The summed E-state index contributed by atoms with van der Waals surface area (Å²) >= 11 is 3.64.